The number of amides is 3. The van der Waals surface area contributed by atoms with Crippen LogP contribution in [0.2, 0.25) is 0 Å². The summed E-state index contributed by atoms with van der Waals surface area (Å²) in [5, 5.41) is 11.6. The van der Waals surface area contributed by atoms with Gasteiger partial charge in [0.1, 0.15) is 11.5 Å². The molecule has 2 N–H and O–H groups in total. The van der Waals surface area contributed by atoms with Crippen LogP contribution in [0.1, 0.15) is 59.3 Å². The van der Waals surface area contributed by atoms with Crippen molar-refractivity contribution in [2.75, 3.05) is 32.7 Å². The van der Waals surface area contributed by atoms with E-state index < -0.39 is 17.5 Å². The molecular weight excluding hydrogens is 426 g/mol. The molecule has 9 heteroatoms. The highest BCUT2D eigenvalue weighted by Gasteiger charge is 2.30. The number of likely N-dealkylation sites (tertiary alicyclic amines) is 2. The zero-order valence-electron chi connectivity index (χ0n) is 20.0. The number of nitrogens with one attached hydrogen (secondary N) is 1. The maximum absolute atomic E-state index is 12.7. The standard InChI is InChI=1S/C24H37N3O6/c1-5-18(22(30)31)15-25-21(29)19-7-6-12-27(16-19)20(28)9-8-17-10-13-26(14-11-17)23(32)33-24(2,3)4/h1,17-19H,6-16H2,2-4H3,(H,25,29)(H,30,31)/t18?,19-/m0/s1. The summed E-state index contributed by atoms with van der Waals surface area (Å²) in [6.07, 6.45) is 9.16. The van der Waals surface area contributed by atoms with Gasteiger partial charge in [-0.3, -0.25) is 14.4 Å². The highest BCUT2D eigenvalue weighted by atomic mass is 16.6. The highest BCUT2D eigenvalue weighted by molar-refractivity contribution is 5.82. The lowest BCUT2D eigenvalue weighted by molar-refractivity contribution is -0.139. The van der Waals surface area contributed by atoms with Gasteiger partial charge in [-0.15, -0.1) is 6.42 Å². The summed E-state index contributed by atoms with van der Waals surface area (Å²) < 4.78 is 5.42. The van der Waals surface area contributed by atoms with Crippen LogP contribution in [0.25, 0.3) is 0 Å². The van der Waals surface area contributed by atoms with Crippen LogP contribution in [0.3, 0.4) is 0 Å². The van der Waals surface area contributed by atoms with Gasteiger partial charge < -0.3 is 25.0 Å². The fourth-order valence-corrected chi connectivity index (χ4v) is 4.20. The molecule has 0 aliphatic carbocycles. The third-order valence-electron chi connectivity index (χ3n) is 6.16. The van der Waals surface area contributed by atoms with Crippen molar-refractivity contribution in [3.63, 3.8) is 0 Å². The number of aliphatic carboxylic acids is 1. The fourth-order valence-electron chi connectivity index (χ4n) is 4.20. The van der Waals surface area contributed by atoms with Crippen LogP contribution >= 0.6 is 0 Å². The van der Waals surface area contributed by atoms with Crippen molar-refractivity contribution in [1.82, 2.24) is 15.1 Å². The molecule has 0 bridgehead atoms. The molecule has 0 aromatic rings. The number of piperidine rings is 2. The predicted octanol–water partition coefficient (Wildman–Crippen LogP) is 2.10. The molecule has 0 saturated carbocycles. The smallest absolute Gasteiger partial charge is 0.410 e. The van der Waals surface area contributed by atoms with Crippen molar-refractivity contribution in [3.05, 3.63) is 0 Å². The first-order valence-corrected chi connectivity index (χ1v) is 11.7. The molecule has 184 valence electrons. The number of nitrogens with zero attached hydrogens (tertiary/aromatic N) is 2. The molecule has 0 radical (unpaired) electrons. The molecule has 2 atom stereocenters. The van der Waals surface area contributed by atoms with Gasteiger partial charge in [0.2, 0.25) is 11.8 Å². The molecule has 2 heterocycles. The number of carboxylic acids is 1. The van der Waals surface area contributed by atoms with E-state index in [0.29, 0.717) is 44.9 Å². The number of carbonyl (C=O) groups excluding carboxylic acids is 3. The van der Waals surface area contributed by atoms with Crippen molar-refractivity contribution < 1.29 is 29.0 Å². The molecule has 1 unspecified atom stereocenters. The van der Waals surface area contributed by atoms with Crippen LogP contribution in [-0.4, -0.2) is 77.1 Å². The summed E-state index contributed by atoms with van der Waals surface area (Å²) >= 11 is 0. The number of hydrogen-bond donors (Lipinski definition) is 2. The van der Waals surface area contributed by atoms with Gasteiger partial charge in [-0.1, -0.05) is 5.92 Å². The van der Waals surface area contributed by atoms with Gasteiger partial charge in [0.05, 0.1) is 5.92 Å². The Morgan fingerprint density at radius 1 is 1.12 bits per heavy atom. The second-order valence-electron chi connectivity index (χ2n) is 9.93. The topological polar surface area (TPSA) is 116 Å². The van der Waals surface area contributed by atoms with Crippen LogP contribution < -0.4 is 5.32 Å². The number of ether oxygens (including phenoxy) is 1. The Bertz CT molecular complexity index is 761. The lowest BCUT2D eigenvalue weighted by Gasteiger charge is -2.34. The first kappa shape index (κ1) is 26.5. The molecule has 0 aromatic heterocycles. The fraction of sp³-hybridized carbons (Fsp3) is 0.750. The van der Waals surface area contributed by atoms with Gasteiger partial charge in [-0.05, 0) is 58.8 Å². The number of rotatable bonds is 7. The molecule has 2 rings (SSSR count). The van der Waals surface area contributed by atoms with Crippen molar-refractivity contribution in [1.29, 1.82) is 0 Å². The van der Waals surface area contributed by atoms with Crippen molar-refractivity contribution in [2.24, 2.45) is 17.8 Å². The number of carboxylic acid groups (broad SMARTS) is 1. The minimum atomic E-state index is -1.14. The van der Waals surface area contributed by atoms with Gasteiger partial charge in [-0.25, -0.2) is 4.79 Å². The molecule has 0 spiro atoms. The molecular formula is C24H37N3O6. The van der Waals surface area contributed by atoms with Crippen LogP contribution in [-0.2, 0) is 19.1 Å². The highest BCUT2D eigenvalue weighted by Crippen LogP contribution is 2.25. The van der Waals surface area contributed by atoms with E-state index in [4.69, 9.17) is 16.3 Å². The van der Waals surface area contributed by atoms with Gasteiger partial charge >= 0.3 is 12.1 Å². The monoisotopic (exact) mass is 463 g/mol. The average Bonchev–Trinajstić information content (AvgIpc) is 2.76. The predicted molar refractivity (Wildman–Crippen MR) is 122 cm³/mol. The normalized spacial score (nSPS) is 20.5. The van der Waals surface area contributed by atoms with E-state index in [1.54, 1.807) is 9.80 Å². The Hall–Kier alpha value is -2.76. The van der Waals surface area contributed by atoms with Gasteiger partial charge in [0, 0.05) is 39.1 Å². The molecule has 33 heavy (non-hydrogen) atoms. The van der Waals surface area contributed by atoms with Crippen molar-refractivity contribution in [3.8, 4) is 12.3 Å². The van der Waals surface area contributed by atoms with Crippen LogP contribution in [0.4, 0.5) is 4.79 Å². The lowest BCUT2D eigenvalue weighted by atomic mass is 9.91. The third kappa shape index (κ3) is 8.60. The largest absolute Gasteiger partial charge is 0.480 e. The van der Waals surface area contributed by atoms with Gasteiger partial charge in [-0.2, -0.15) is 0 Å². The lowest BCUT2D eigenvalue weighted by Crippen LogP contribution is -2.46. The number of carbonyl (C=O) groups is 4. The second-order valence-corrected chi connectivity index (χ2v) is 9.93. The Morgan fingerprint density at radius 3 is 2.36 bits per heavy atom. The van der Waals surface area contributed by atoms with Gasteiger partial charge in [0.25, 0.3) is 0 Å². The SMILES string of the molecule is C#CC(CNC(=O)[C@H]1CCCN(C(=O)CCC2CCN(C(=O)OC(C)(C)C)CC2)C1)C(=O)O. The summed E-state index contributed by atoms with van der Waals surface area (Å²) in [6.45, 7) is 7.67. The van der Waals surface area contributed by atoms with E-state index in [1.807, 2.05) is 20.8 Å². The maximum Gasteiger partial charge on any atom is 0.410 e. The van der Waals surface area contributed by atoms with Crippen molar-refractivity contribution >= 4 is 23.9 Å². The summed E-state index contributed by atoms with van der Waals surface area (Å²) in [7, 11) is 0. The van der Waals surface area contributed by atoms with E-state index in [0.717, 1.165) is 25.7 Å². The number of hydrogen-bond acceptors (Lipinski definition) is 5. The summed E-state index contributed by atoms with van der Waals surface area (Å²) in [5.74, 6) is -0.252. The minimum Gasteiger partial charge on any atom is -0.480 e. The molecule has 2 saturated heterocycles. The van der Waals surface area contributed by atoms with Crippen LogP contribution in [0.5, 0.6) is 0 Å². The first-order valence-electron chi connectivity index (χ1n) is 11.7. The average molecular weight is 464 g/mol. The summed E-state index contributed by atoms with van der Waals surface area (Å²) in [4.78, 5) is 51.8. The van der Waals surface area contributed by atoms with E-state index >= 15 is 0 Å². The second kappa shape index (κ2) is 11.9. The molecule has 9 nitrogen and oxygen atoms in total. The van der Waals surface area contributed by atoms with E-state index in [2.05, 4.69) is 11.2 Å². The third-order valence-corrected chi connectivity index (χ3v) is 6.16. The Balaban J connectivity index is 1.73. The Morgan fingerprint density at radius 2 is 1.79 bits per heavy atom. The van der Waals surface area contributed by atoms with Crippen LogP contribution in [0, 0.1) is 30.1 Å². The summed E-state index contributed by atoms with van der Waals surface area (Å²) in [5.41, 5.74) is -0.511. The van der Waals surface area contributed by atoms with Crippen LogP contribution in [0.15, 0.2) is 0 Å². The molecule has 2 aliphatic rings. The molecule has 2 aliphatic heterocycles. The van der Waals surface area contributed by atoms with E-state index in [1.165, 1.54) is 0 Å². The van der Waals surface area contributed by atoms with Crippen molar-refractivity contribution in [2.45, 2.75) is 64.9 Å². The first-order chi connectivity index (χ1) is 15.5. The van der Waals surface area contributed by atoms with Gasteiger partial charge in [0.15, 0.2) is 0 Å². The minimum absolute atomic E-state index is 0.0362. The maximum atomic E-state index is 12.7. The number of terminal acetylenes is 1. The Kier molecular flexibility index (Phi) is 9.56. The molecule has 0 aromatic carbocycles. The van der Waals surface area contributed by atoms with E-state index in [-0.39, 0.29) is 30.4 Å². The zero-order valence-corrected chi connectivity index (χ0v) is 20.0. The quantitative estimate of drug-likeness (QED) is 0.559. The zero-order chi connectivity index (χ0) is 24.6. The molecule has 3 amide bonds. The van der Waals surface area contributed by atoms with E-state index in [9.17, 15) is 19.2 Å². The molecule has 2 fully saturated rings. The Labute approximate surface area is 196 Å². The summed E-state index contributed by atoms with van der Waals surface area (Å²) in [6, 6.07) is 0.